The van der Waals surface area contributed by atoms with Gasteiger partial charge in [0, 0.05) is 25.1 Å². The van der Waals surface area contributed by atoms with Crippen LogP contribution in [0, 0.1) is 0 Å². The Kier molecular flexibility index (Phi) is 3.36. The molecule has 0 aromatic carbocycles. The molecule has 1 N–H and O–H groups in total. The van der Waals surface area contributed by atoms with Crippen molar-refractivity contribution >= 4 is 16.9 Å². The Labute approximate surface area is 132 Å². The molecule has 0 amide bonds. The summed E-state index contributed by atoms with van der Waals surface area (Å²) in [5, 5.41) is 8.55. The lowest BCUT2D eigenvalue weighted by Crippen LogP contribution is -2.03. The van der Waals surface area contributed by atoms with Crippen LogP contribution in [0.5, 0.6) is 0 Å². The maximum absolute atomic E-state index is 4.38. The standard InChI is InChI=1S/C16H13N7/c1-2-6-18-14(3-1)23-16-13(10-22-23)15(20-11-21-16)19-9-12-4-7-17-8-5-12/h1-8,10-11H,9H2,(H,19,20,21). The maximum atomic E-state index is 4.38. The minimum atomic E-state index is 0.656. The van der Waals surface area contributed by atoms with Crippen LogP contribution in [0.2, 0.25) is 0 Å². The summed E-state index contributed by atoms with van der Waals surface area (Å²) in [6, 6.07) is 9.59. The predicted octanol–water partition coefficient (Wildman–Crippen LogP) is 2.22. The Morgan fingerprint density at radius 3 is 2.70 bits per heavy atom. The predicted molar refractivity (Wildman–Crippen MR) is 86.0 cm³/mol. The van der Waals surface area contributed by atoms with Gasteiger partial charge < -0.3 is 5.32 Å². The Balaban J connectivity index is 1.68. The fraction of sp³-hybridized carbons (Fsp3) is 0.0625. The first-order chi connectivity index (χ1) is 11.4. The molecule has 112 valence electrons. The van der Waals surface area contributed by atoms with E-state index in [9.17, 15) is 0 Å². The zero-order chi connectivity index (χ0) is 15.5. The van der Waals surface area contributed by atoms with Crippen LogP contribution in [0.15, 0.2) is 61.4 Å². The van der Waals surface area contributed by atoms with Gasteiger partial charge in [0.25, 0.3) is 0 Å². The molecule has 0 aliphatic carbocycles. The molecular weight excluding hydrogens is 290 g/mol. The van der Waals surface area contributed by atoms with Crippen molar-refractivity contribution in [1.29, 1.82) is 0 Å². The van der Waals surface area contributed by atoms with Gasteiger partial charge in [-0.2, -0.15) is 9.78 Å². The molecule has 0 spiro atoms. The van der Waals surface area contributed by atoms with Crippen LogP contribution < -0.4 is 5.32 Å². The molecule has 0 aliphatic heterocycles. The second-order valence-corrected chi connectivity index (χ2v) is 4.91. The molecular formula is C16H13N7. The third-order valence-corrected chi connectivity index (χ3v) is 3.44. The van der Waals surface area contributed by atoms with Gasteiger partial charge in [0.05, 0.1) is 11.6 Å². The summed E-state index contributed by atoms with van der Waals surface area (Å²) in [6.45, 7) is 0.656. The van der Waals surface area contributed by atoms with Gasteiger partial charge in [-0.3, -0.25) is 4.98 Å². The second-order valence-electron chi connectivity index (χ2n) is 4.91. The summed E-state index contributed by atoms with van der Waals surface area (Å²) in [6.07, 6.45) is 8.54. The van der Waals surface area contributed by atoms with Crippen molar-refractivity contribution in [3.05, 3.63) is 67.0 Å². The zero-order valence-electron chi connectivity index (χ0n) is 12.2. The van der Waals surface area contributed by atoms with Crippen LogP contribution in [0.3, 0.4) is 0 Å². The fourth-order valence-corrected chi connectivity index (χ4v) is 2.32. The molecule has 23 heavy (non-hydrogen) atoms. The lowest BCUT2D eigenvalue weighted by atomic mass is 10.2. The van der Waals surface area contributed by atoms with E-state index >= 15 is 0 Å². The molecule has 4 heterocycles. The monoisotopic (exact) mass is 303 g/mol. The van der Waals surface area contributed by atoms with E-state index in [2.05, 4.69) is 30.4 Å². The van der Waals surface area contributed by atoms with Crippen molar-refractivity contribution in [3.8, 4) is 5.82 Å². The summed E-state index contributed by atoms with van der Waals surface area (Å²) in [4.78, 5) is 17.0. The van der Waals surface area contributed by atoms with Crippen LogP contribution in [0.25, 0.3) is 16.9 Å². The van der Waals surface area contributed by atoms with E-state index in [0.717, 1.165) is 28.2 Å². The molecule has 4 rings (SSSR count). The van der Waals surface area contributed by atoms with Crippen LogP contribution >= 0.6 is 0 Å². The molecule has 0 fully saturated rings. The van der Waals surface area contributed by atoms with Crippen molar-refractivity contribution in [2.75, 3.05) is 5.32 Å². The van der Waals surface area contributed by atoms with E-state index in [1.54, 1.807) is 29.5 Å². The van der Waals surface area contributed by atoms with Gasteiger partial charge in [-0.25, -0.2) is 15.0 Å². The number of rotatable bonds is 4. The second kappa shape index (κ2) is 5.80. The van der Waals surface area contributed by atoms with Crippen molar-refractivity contribution in [2.24, 2.45) is 0 Å². The zero-order valence-corrected chi connectivity index (χ0v) is 12.2. The van der Waals surface area contributed by atoms with Crippen LogP contribution in [0.4, 0.5) is 5.82 Å². The van der Waals surface area contributed by atoms with Gasteiger partial charge in [-0.15, -0.1) is 0 Å². The van der Waals surface area contributed by atoms with Crippen LogP contribution in [-0.4, -0.2) is 29.7 Å². The maximum Gasteiger partial charge on any atom is 0.170 e. The average molecular weight is 303 g/mol. The quantitative estimate of drug-likeness (QED) is 0.622. The molecule has 4 aromatic heterocycles. The minimum Gasteiger partial charge on any atom is -0.365 e. The number of hydrogen-bond acceptors (Lipinski definition) is 6. The molecule has 0 unspecified atom stereocenters. The van der Waals surface area contributed by atoms with E-state index in [-0.39, 0.29) is 0 Å². The van der Waals surface area contributed by atoms with E-state index in [0.29, 0.717) is 6.54 Å². The Hall–Kier alpha value is -3.35. The van der Waals surface area contributed by atoms with Crippen molar-refractivity contribution < 1.29 is 0 Å². The van der Waals surface area contributed by atoms with Gasteiger partial charge in [0.1, 0.15) is 12.1 Å². The molecule has 7 nitrogen and oxygen atoms in total. The molecule has 0 saturated carbocycles. The van der Waals surface area contributed by atoms with Crippen LogP contribution in [-0.2, 0) is 6.54 Å². The van der Waals surface area contributed by atoms with Gasteiger partial charge in [-0.05, 0) is 29.8 Å². The topological polar surface area (TPSA) is 81.4 Å². The molecule has 4 aromatic rings. The highest BCUT2D eigenvalue weighted by atomic mass is 15.3. The third-order valence-electron chi connectivity index (χ3n) is 3.44. The van der Waals surface area contributed by atoms with Crippen molar-refractivity contribution in [3.63, 3.8) is 0 Å². The lowest BCUT2D eigenvalue weighted by Gasteiger charge is -2.06. The van der Waals surface area contributed by atoms with Crippen molar-refractivity contribution in [2.45, 2.75) is 6.54 Å². The Morgan fingerprint density at radius 1 is 0.957 bits per heavy atom. The van der Waals surface area contributed by atoms with Crippen LogP contribution in [0.1, 0.15) is 5.56 Å². The number of aromatic nitrogens is 6. The summed E-state index contributed by atoms with van der Waals surface area (Å²) in [7, 11) is 0. The summed E-state index contributed by atoms with van der Waals surface area (Å²) in [5.41, 5.74) is 1.85. The lowest BCUT2D eigenvalue weighted by molar-refractivity contribution is 0.861. The van der Waals surface area contributed by atoms with Crippen molar-refractivity contribution in [1.82, 2.24) is 29.7 Å². The Bertz CT molecular complexity index is 919. The molecule has 0 aliphatic rings. The molecule has 0 radical (unpaired) electrons. The highest BCUT2D eigenvalue weighted by Gasteiger charge is 2.11. The number of hydrogen-bond donors (Lipinski definition) is 1. The number of nitrogens with zero attached hydrogens (tertiary/aromatic N) is 6. The van der Waals surface area contributed by atoms with Gasteiger partial charge in [0.2, 0.25) is 0 Å². The molecule has 0 atom stereocenters. The number of nitrogens with one attached hydrogen (secondary N) is 1. The van der Waals surface area contributed by atoms with E-state index in [4.69, 9.17) is 0 Å². The number of anilines is 1. The van der Waals surface area contributed by atoms with Gasteiger partial charge in [0.15, 0.2) is 11.5 Å². The van der Waals surface area contributed by atoms with E-state index < -0.39 is 0 Å². The molecule has 0 bridgehead atoms. The first-order valence-electron chi connectivity index (χ1n) is 7.15. The highest BCUT2D eigenvalue weighted by molar-refractivity contribution is 5.86. The van der Waals surface area contributed by atoms with Gasteiger partial charge in [-0.1, -0.05) is 6.07 Å². The molecule has 7 heteroatoms. The first-order valence-corrected chi connectivity index (χ1v) is 7.15. The average Bonchev–Trinajstić information content (AvgIpc) is 3.06. The smallest absolute Gasteiger partial charge is 0.170 e. The minimum absolute atomic E-state index is 0.656. The summed E-state index contributed by atoms with van der Waals surface area (Å²) in [5.74, 6) is 1.47. The van der Waals surface area contributed by atoms with E-state index in [1.165, 1.54) is 6.33 Å². The molecule has 0 saturated heterocycles. The number of fused-ring (bicyclic) bond motifs is 1. The van der Waals surface area contributed by atoms with E-state index in [1.807, 2.05) is 30.3 Å². The normalized spacial score (nSPS) is 10.8. The highest BCUT2D eigenvalue weighted by Crippen LogP contribution is 2.21. The summed E-state index contributed by atoms with van der Waals surface area (Å²) < 4.78 is 1.70. The van der Waals surface area contributed by atoms with Gasteiger partial charge >= 0.3 is 0 Å². The Morgan fingerprint density at radius 2 is 1.87 bits per heavy atom. The number of pyridine rings is 2. The SMILES string of the molecule is c1ccc(-n2ncc3c(NCc4ccncc4)ncnc32)nc1. The summed E-state index contributed by atoms with van der Waals surface area (Å²) >= 11 is 0. The largest absolute Gasteiger partial charge is 0.365 e. The fourth-order valence-electron chi connectivity index (χ4n) is 2.32. The first kappa shape index (κ1) is 13.3. The third kappa shape index (κ3) is 2.59.